The molecular formula is C59H109N17O11. The Hall–Kier alpha value is -7.29. The highest BCUT2D eigenvalue weighted by Crippen LogP contribution is 2.22. The van der Waals surface area contributed by atoms with Gasteiger partial charge < -0.3 is 81.8 Å². The van der Waals surface area contributed by atoms with Gasteiger partial charge in [0, 0.05) is 26.1 Å². The Morgan fingerprint density at radius 1 is 0.471 bits per heavy atom. The lowest BCUT2D eigenvalue weighted by Gasteiger charge is -2.32. The molecule has 0 radical (unpaired) electrons. The van der Waals surface area contributed by atoms with Gasteiger partial charge in [0.05, 0.1) is 6.42 Å². The van der Waals surface area contributed by atoms with Gasteiger partial charge in [0.2, 0.25) is 65.0 Å². The third kappa shape index (κ3) is 32.3. The van der Waals surface area contributed by atoms with Crippen molar-refractivity contribution in [3.8, 4) is 0 Å². The largest absolute Gasteiger partial charge is 0.370 e. The van der Waals surface area contributed by atoms with Crippen LogP contribution in [-0.2, 0) is 52.7 Å². The summed E-state index contributed by atoms with van der Waals surface area (Å²) >= 11 is 0. The first-order chi connectivity index (χ1) is 41.0. The zero-order valence-corrected chi connectivity index (χ0v) is 53.4. The molecule has 0 spiro atoms. The van der Waals surface area contributed by atoms with Gasteiger partial charge in [0.1, 0.15) is 54.4 Å². The quantitative estimate of drug-likeness (QED) is 0.0220. The van der Waals surface area contributed by atoms with Crippen molar-refractivity contribution in [3.63, 3.8) is 0 Å². The molecule has 0 aromatic carbocycles. The van der Waals surface area contributed by atoms with E-state index < -0.39 is 126 Å². The van der Waals surface area contributed by atoms with E-state index in [9.17, 15) is 52.7 Å². The van der Waals surface area contributed by atoms with Crippen molar-refractivity contribution in [2.45, 2.75) is 258 Å². The number of hydrogen-bond acceptors (Lipinski definition) is 13. The van der Waals surface area contributed by atoms with Gasteiger partial charge in [-0.05, 0) is 83.0 Å². The van der Waals surface area contributed by atoms with Crippen LogP contribution in [0.3, 0.4) is 0 Å². The maximum Gasteiger partial charge on any atom is 0.245 e. The molecule has 28 nitrogen and oxygen atoms in total. The molecule has 0 saturated carbocycles. The van der Waals surface area contributed by atoms with Crippen LogP contribution in [0, 0.1) is 17.8 Å². The number of nitrogens with zero attached hydrogens (tertiary/aromatic N) is 3. The van der Waals surface area contributed by atoms with Crippen molar-refractivity contribution in [1.82, 2.24) is 47.4 Å². The molecule has 87 heavy (non-hydrogen) atoms. The number of likely N-dealkylation sites (tertiary alicyclic amines) is 1. The fraction of sp³-hybridized carbons (Fsp3) is 0.780. The van der Waals surface area contributed by atoms with Gasteiger partial charge in [-0.25, -0.2) is 0 Å². The topological polar surface area (TPSA) is 468 Å². The number of rotatable bonds is 45. The zero-order chi connectivity index (χ0) is 65.8. The Morgan fingerprint density at radius 2 is 0.897 bits per heavy atom. The summed E-state index contributed by atoms with van der Waals surface area (Å²) in [6, 6.07) is -11.1. The molecular weight excluding hydrogens is 1120 g/mol. The van der Waals surface area contributed by atoms with Crippen LogP contribution in [0.5, 0.6) is 0 Å². The minimum absolute atomic E-state index is 0.000384. The molecule has 1 heterocycles. The predicted octanol–water partition coefficient (Wildman–Crippen LogP) is 0.203. The third-order valence-corrected chi connectivity index (χ3v) is 14.9. The van der Waals surface area contributed by atoms with E-state index in [-0.39, 0.29) is 94.2 Å². The fourth-order valence-corrected chi connectivity index (χ4v) is 9.91. The van der Waals surface area contributed by atoms with E-state index in [0.29, 0.717) is 12.8 Å². The zero-order valence-electron chi connectivity index (χ0n) is 53.4. The molecule has 0 aliphatic carbocycles. The second-order valence-corrected chi connectivity index (χ2v) is 24.0. The van der Waals surface area contributed by atoms with Crippen LogP contribution in [0.2, 0.25) is 0 Å². The second-order valence-electron chi connectivity index (χ2n) is 24.0. The van der Waals surface area contributed by atoms with E-state index >= 15 is 0 Å². The fourth-order valence-electron chi connectivity index (χ4n) is 9.91. The number of carbonyl (C=O) groups excluding carboxylic acids is 11. The molecule has 9 atom stereocenters. The molecule has 20 N–H and O–H groups in total. The number of aliphatic imine (C=N–C) groups is 2. The molecule has 1 fully saturated rings. The molecule has 0 aromatic rings. The summed E-state index contributed by atoms with van der Waals surface area (Å²) in [5.74, 6) is -9.54. The molecule has 1 rings (SSSR count). The lowest BCUT2D eigenvalue weighted by Crippen LogP contribution is -2.60. The average molecular weight is 1230 g/mol. The molecule has 1 aliphatic rings. The van der Waals surface area contributed by atoms with Gasteiger partial charge in [-0.15, -0.1) is 0 Å². The standard InChI is InChI=1S/C59H109N17O11/c1-10-11-12-13-14-15-16-17-18-19-20-21-22-29-46(78)74-47(36(4)5)56(86)71-41(27-24-31-67-59(64)65)57(87)76-32-25-28-44(76)54(84)75-48(37(6)7)55(85)69-39(9)51(81)73-43(34-45(60)77)53(83)68-38(8)50(80)70-40(26-23-30-66-58(62)63)52(82)72-42(49(61)79)33-35(2)3/h35-44,47-48H,10-34H2,1-9H3,(H2,60,77)(H2,61,79)(H,68,83)(H,69,85)(H,70,80)(H,71,86)(H,72,82)(H,73,81)(H,74,78)(H,75,84)(H4,62,63,66)(H4,64,65,67)/t38-,39-,40-,41-,42-,43-,44-,47-,48-/m0/s1. The molecule has 1 aliphatic heterocycles. The van der Waals surface area contributed by atoms with E-state index in [1.165, 1.54) is 76.5 Å². The number of amides is 11. The van der Waals surface area contributed by atoms with E-state index in [4.69, 9.17) is 34.4 Å². The van der Waals surface area contributed by atoms with Gasteiger partial charge >= 0.3 is 0 Å². The first kappa shape index (κ1) is 77.7. The summed E-state index contributed by atoms with van der Waals surface area (Å²) in [5, 5.41) is 20.8. The van der Waals surface area contributed by atoms with Gasteiger partial charge in [-0.3, -0.25) is 62.7 Å². The molecule has 0 bridgehead atoms. The van der Waals surface area contributed by atoms with Crippen molar-refractivity contribution in [2.75, 3.05) is 19.6 Å². The van der Waals surface area contributed by atoms with E-state index in [2.05, 4.69) is 59.4 Å². The Balaban J connectivity index is 3.11. The van der Waals surface area contributed by atoms with Crippen LogP contribution in [-0.4, -0.2) is 156 Å². The summed E-state index contributed by atoms with van der Waals surface area (Å²) in [4.78, 5) is 157. The SMILES string of the molecule is CCCCCCCCCCCCCCCC(=O)N[C@H](C(=O)N[C@@H](CCCN=C(N)N)C(=O)N1CCC[C@H]1C(=O)N[C@H](C(=O)N[C@@H](C)C(=O)N[C@@H](CC(N)=O)C(=O)N[C@@H](C)C(=O)N[C@@H](CCCN=C(N)N)C(=O)N[C@@H](CC(C)C)C(N)=O)C(C)C)C(C)C. The van der Waals surface area contributed by atoms with E-state index in [1.54, 1.807) is 27.7 Å². The van der Waals surface area contributed by atoms with Gasteiger partial charge in [0.25, 0.3) is 0 Å². The van der Waals surface area contributed by atoms with Crippen LogP contribution < -0.4 is 76.9 Å². The summed E-state index contributed by atoms with van der Waals surface area (Å²) in [6.45, 7) is 15.7. The third-order valence-electron chi connectivity index (χ3n) is 14.9. The molecule has 11 amide bonds. The molecule has 0 unspecified atom stereocenters. The predicted molar refractivity (Wildman–Crippen MR) is 334 cm³/mol. The Kier molecular flexibility index (Phi) is 38.0. The highest BCUT2D eigenvalue weighted by molar-refractivity contribution is 5.99. The van der Waals surface area contributed by atoms with Gasteiger partial charge in [-0.2, -0.15) is 0 Å². The van der Waals surface area contributed by atoms with Crippen molar-refractivity contribution in [2.24, 2.45) is 62.1 Å². The Bertz CT molecular complexity index is 2270. The van der Waals surface area contributed by atoms with Gasteiger partial charge in [0.15, 0.2) is 11.9 Å². The minimum Gasteiger partial charge on any atom is -0.370 e. The maximum absolute atomic E-state index is 14.5. The smallest absolute Gasteiger partial charge is 0.245 e. The van der Waals surface area contributed by atoms with Crippen LogP contribution in [0.25, 0.3) is 0 Å². The summed E-state index contributed by atoms with van der Waals surface area (Å²) < 4.78 is 0. The van der Waals surface area contributed by atoms with Crippen LogP contribution >= 0.6 is 0 Å². The number of unbranched alkanes of at least 4 members (excludes halogenated alkanes) is 12. The average Bonchev–Trinajstić information content (AvgIpc) is 2.53. The Morgan fingerprint density at radius 3 is 1.37 bits per heavy atom. The maximum atomic E-state index is 14.5. The highest BCUT2D eigenvalue weighted by Gasteiger charge is 2.41. The molecule has 496 valence electrons. The molecule has 1 saturated heterocycles. The van der Waals surface area contributed by atoms with Crippen LogP contribution in [0.1, 0.15) is 204 Å². The minimum atomic E-state index is -1.66. The number of nitrogens with two attached hydrogens (primary N) is 6. The highest BCUT2D eigenvalue weighted by atomic mass is 16.2. The number of primary amides is 2. The lowest BCUT2D eigenvalue weighted by molar-refractivity contribution is -0.143. The van der Waals surface area contributed by atoms with Crippen molar-refractivity contribution in [1.29, 1.82) is 0 Å². The summed E-state index contributed by atoms with van der Waals surface area (Å²) in [7, 11) is 0. The monoisotopic (exact) mass is 1230 g/mol. The van der Waals surface area contributed by atoms with Crippen molar-refractivity contribution < 1.29 is 52.7 Å². The van der Waals surface area contributed by atoms with Gasteiger partial charge in [-0.1, -0.05) is 126 Å². The normalized spacial score (nSPS) is 15.7. The first-order valence-corrected chi connectivity index (χ1v) is 31.4. The van der Waals surface area contributed by atoms with Crippen LogP contribution in [0.15, 0.2) is 9.98 Å². The number of nitrogens with one attached hydrogen (secondary N) is 8. The molecule has 0 aromatic heterocycles. The number of guanidine groups is 2. The second kappa shape index (κ2) is 42.5. The molecule has 28 heteroatoms. The first-order valence-electron chi connectivity index (χ1n) is 31.4. The summed E-state index contributed by atoms with van der Waals surface area (Å²) in [6.07, 6.45) is 16.1. The van der Waals surface area contributed by atoms with E-state index in [0.717, 1.165) is 19.3 Å². The summed E-state index contributed by atoms with van der Waals surface area (Å²) in [5.41, 5.74) is 32.9. The van der Waals surface area contributed by atoms with Crippen LogP contribution in [0.4, 0.5) is 0 Å². The van der Waals surface area contributed by atoms with Crippen molar-refractivity contribution in [3.05, 3.63) is 0 Å². The lowest BCUT2D eigenvalue weighted by atomic mass is 10.0. The van der Waals surface area contributed by atoms with Crippen molar-refractivity contribution >= 4 is 76.9 Å². The van der Waals surface area contributed by atoms with E-state index in [1.807, 2.05) is 13.8 Å². The number of carbonyl (C=O) groups is 11. The Labute approximate surface area is 515 Å². The number of hydrogen-bond donors (Lipinski definition) is 14.